The summed E-state index contributed by atoms with van der Waals surface area (Å²) in [4.78, 5) is 0. The zero-order chi connectivity index (χ0) is 5.98. The molecule has 1 aromatic rings. The van der Waals surface area contributed by atoms with Gasteiger partial charge >= 0.3 is 5.82 Å². The number of halogens is 2. The van der Waals surface area contributed by atoms with Crippen molar-refractivity contribution in [2.45, 2.75) is 0 Å². The Hall–Kier alpha value is -0.310. The topological polar surface area (TPSA) is 31.5 Å². The van der Waals surface area contributed by atoms with E-state index in [1.807, 2.05) is 36.0 Å². The van der Waals surface area contributed by atoms with Crippen molar-refractivity contribution in [2.75, 3.05) is 0 Å². The van der Waals surface area contributed by atoms with Gasteiger partial charge in [-0.25, -0.2) is 0 Å². The highest BCUT2D eigenvalue weighted by molar-refractivity contribution is 5.06. The molecule has 58 valence electrons. The lowest BCUT2D eigenvalue weighted by atomic mass is 10.5. The van der Waals surface area contributed by atoms with Crippen molar-refractivity contribution in [2.24, 2.45) is 7.05 Å². The molecule has 0 unspecified atom stereocenters. The zero-order valence-electron chi connectivity index (χ0n) is 5.72. The van der Waals surface area contributed by atoms with Gasteiger partial charge in [0.05, 0.1) is 6.07 Å². The minimum Gasteiger partial charge on any atom is -1.00 e. The molecule has 0 aliphatic carbocycles. The van der Waals surface area contributed by atoms with Gasteiger partial charge in [0.25, 0.3) is 0 Å². The molecule has 0 fully saturated rings. The molecule has 10 heavy (non-hydrogen) atoms. The van der Waals surface area contributed by atoms with Crippen LogP contribution >= 0.6 is 0 Å². The molecule has 1 heterocycles. The van der Waals surface area contributed by atoms with Crippen molar-refractivity contribution < 1.29 is 35.1 Å². The van der Waals surface area contributed by atoms with Crippen molar-refractivity contribution in [1.82, 2.24) is 0 Å². The van der Waals surface area contributed by atoms with E-state index >= 15 is 0 Å². The third-order valence-electron chi connectivity index (χ3n) is 1.16. The molecule has 0 radical (unpaired) electrons. The van der Waals surface area contributed by atoms with Gasteiger partial charge in [-0.1, -0.05) is 0 Å². The number of aromatic nitrogens is 1. The van der Waals surface area contributed by atoms with Crippen LogP contribution < -0.4 is 35.1 Å². The van der Waals surface area contributed by atoms with Gasteiger partial charge in [0, 0.05) is 6.07 Å². The molecule has 0 bridgehead atoms. The molecule has 0 saturated heterocycles. The molecule has 0 aliphatic heterocycles. The van der Waals surface area contributed by atoms with E-state index in [2.05, 4.69) is 5.73 Å². The van der Waals surface area contributed by atoms with Gasteiger partial charge in [0.1, 0.15) is 7.05 Å². The fourth-order valence-electron chi connectivity index (χ4n) is 0.559. The Morgan fingerprint density at radius 1 is 1.30 bits per heavy atom. The predicted molar refractivity (Wildman–Crippen MR) is 30.2 cm³/mol. The highest BCUT2D eigenvalue weighted by Gasteiger charge is 1.97. The van der Waals surface area contributed by atoms with E-state index in [-0.39, 0.29) is 24.8 Å². The normalized spacial score (nSPS) is 7.40. The fourth-order valence-corrected chi connectivity index (χ4v) is 0.559. The third kappa shape index (κ3) is 3.01. The highest BCUT2D eigenvalue weighted by atomic mass is 35.5. The lowest BCUT2D eigenvalue weighted by molar-refractivity contribution is -0.703. The van der Waals surface area contributed by atoms with Crippen LogP contribution in [0.25, 0.3) is 0 Å². The largest absolute Gasteiger partial charge is 1.00 e. The summed E-state index contributed by atoms with van der Waals surface area (Å²) in [5.41, 5.74) is 3.78. The van der Waals surface area contributed by atoms with E-state index < -0.39 is 0 Å². The van der Waals surface area contributed by atoms with E-state index in [1.54, 1.807) is 0 Å². The SMILES string of the molecule is C[n+]1ccccc1[NH3+].[Cl-].[Cl-]. The highest BCUT2D eigenvalue weighted by Crippen LogP contribution is 1.83. The Labute approximate surface area is 72.9 Å². The van der Waals surface area contributed by atoms with E-state index in [0.29, 0.717) is 0 Å². The van der Waals surface area contributed by atoms with Crippen molar-refractivity contribution in [3.05, 3.63) is 24.4 Å². The fraction of sp³-hybridized carbons (Fsp3) is 0.167. The molecular weight excluding hydrogens is 171 g/mol. The second-order valence-corrected chi connectivity index (χ2v) is 1.80. The molecular formula is C6H10Cl2N2. The van der Waals surface area contributed by atoms with Gasteiger partial charge < -0.3 is 24.8 Å². The molecule has 0 saturated carbocycles. The number of rotatable bonds is 0. The lowest BCUT2D eigenvalue weighted by Crippen LogP contribution is -3.00. The second-order valence-electron chi connectivity index (χ2n) is 1.80. The molecule has 0 spiro atoms. The first-order valence-electron chi connectivity index (χ1n) is 2.57. The van der Waals surface area contributed by atoms with Gasteiger partial charge in [0.15, 0.2) is 6.20 Å². The Morgan fingerprint density at radius 3 is 2.20 bits per heavy atom. The Morgan fingerprint density at radius 2 is 1.90 bits per heavy atom. The van der Waals surface area contributed by atoms with E-state index in [4.69, 9.17) is 0 Å². The molecule has 1 aromatic heterocycles. The molecule has 0 atom stereocenters. The first-order chi connectivity index (χ1) is 3.80. The number of quaternary nitrogens is 1. The molecule has 4 heteroatoms. The maximum atomic E-state index is 3.78. The van der Waals surface area contributed by atoms with Crippen LogP contribution in [0.2, 0.25) is 0 Å². The second kappa shape index (κ2) is 5.47. The number of nitrogens with zero attached hydrogens (tertiary/aromatic N) is 1. The Kier molecular flexibility index (Phi) is 6.77. The van der Waals surface area contributed by atoms with Crippen LogP contribution in [-0.4, -0.2) is 0 Å². The average Bonchev–Trinajstić information content (AvgIpc) is 1.77. The van der Waals surface area contributed by atoms with Crippen LogP contribution in [0.1, 0.15) is 0 Å². The van der Waals surface area contributed by atoms with E-state index in [9.17, 15) is 0 Å². The van der Waals surface area contributed by atoms with Crippen molar-refractivity contribution in [3.63, 3.8) is 0 Å². The Balaban J connectivity index is 0. The molecule has 0 aliphatic rings. The summed E-state index contributed by atoms with van der Waals surface area (Å²) in [6.45, 7) is 0. The van der Waals surface area contributed by atoms with Crippen LogP contribution in [0.4, 0.5) is 5.82 Å². The van der Waals surface area contributed by atoms with Gasteiger partial charge in [-0.2, -0.15) is 4.57 Å². The standard InChI is InChI=1S/C6H8N2.2ClH/c1-8-5-3-2-4-6(8)7;;/h2-5,7H,1H3;2*1H. The molecule has 1 rings (SSSR count). The minimum atomic E-state index is 0. The third-order valence-corrected chi connectivity index (χ3v) is 1.16. The summed E-state index contributed by atoms with van der Waals surface area (Å²) in [6.07, 6.45) is 1.97. The zero-order valence-corrected chi connectivity index (χ0v) is 7.23. The first-order valence-corrected chi connectivity index (χ1v) is 2.57. The number of aryl methyl sites for hydroxylation is 1. The van der Waals surface area contributed by atoms with Gasteiger partial charge in [-0.3, -0.25) is 5.73 Å². The van der Waals surface area contributed by atoms with Crippen molar-refractivity contribution >= 4 is 5.82 Å². The van der Waals surface area contributed by atoms with Crippen molar-refractivity contribution in [1.29, 1.82) is 0 Å². The van der Waals surface area contributed by atoms with E-state index in [1.165, 1.54) is 0 Å². The average molecular weight is 181 g/mol. The minimum absolute atomic E-state index is 0. The molecule has 0 aromatic carbocycles. The lowest BCUT2D eigenvalue weighted by Gasteiger charge is -1.83. The quantitative estimate of drug-likeness (QED) is 0.386. The van der Waals surface area contributed by atoms with Crippen LogP contribution in [0.5, 0.6) is 0 Å². The molecule has 3 N–H and O–H groups in total. The summed E-state index contributed by atoms with van der Waals surface area (Å²) in [7, 11) is 1.97. The Bertz CT molecular complexity index is 170. The van der Waals surface area contributed by atoms with Gasteiger partial charge in [0.2, 0.25) is 0 Å². The summed E-state index contributed by atoms with van der Waals surface area (Å²) in [6, 6.07) is 5.93. The summed E-state index contributed by atoms with van der Waals surface area (Å²) < 4.78 is 1.97. The monoisotopic (exact) mass is 180 g/mol. The first kappa shape index (κ1) is 12.4. The summed E-state index contributed by atoms with van der Waals surface area (Å²) >= 11 is 0. The van der Waals surface area contributed by atoms with Crippen LogP contribution in [0.15, 0.2) is 24.4 Å². The summed E-state index contributed by atoms with van der Waals surface area (Å²) in [5, 5.41) is 0. The smallest absolute Gasteiger partial charge is 0.363 e. The van der Waals surface area contributed by atoms with E-state index in [0.717, 1.165) is 5.82 Å². The maximum Gasteiger partial charge on any atom is 0.363 e. The predicted octanol–water partition coefficient (Wildman–Crippen LogP) is -6.61. The maximum absolute atomic E-state index is 3.78. The van der Waals surface area contributed by atoms with Crippen LogP contribution in [0, 0.1) is 0 Å². The number of hydrogen-bond donors (Lipinski definition) is 1. The summed E-state index contributed by atoms with van der Waals surface area (Å²) in [5.74, 6) is 1.03. The van der Waals surface area contributed by atoms with Gasteiger partial charge in [-0.05, 0) is 6.07 Å². The van der Waals surface area contributed by atoms with Crippen molar-refractivity contribution in [3.8, 4) is 0 Å². The van der Waals surface area contributed by atoms with Gasteiger partial charge in [-0.15, -0.1) is 0 Å². The molecule has 2 nitrogen and oxygen atoms in total. The van der Waals surface area contributed by atoms with Crippen LogP contribution in [0.3, 0.4) is 0 Å². The molecule has 0 amide bonds. The number of pyridine rings is 1. The van der Waals surface area contributed by atoms with Crippen LogP contribution in [-0.2, 0) is 7.05 Å². The number of hydrogen-bond acceptors (Lipinski definition) is 0.